The van der Waals surface area contributed by atoms with E-state index in [-0.39, 0.29) is 11.9 Å². The number of carbonyl (C=O) groups is 2. The fraction of sp³-hybridized carbons (Fsp3) is 0.375. The molecule has 2 N–H and O–H groups in total. The third kappa shape index (κ3) is 6.52. The highest BCUT2D eigenvalue weighted by molar-refractivity contribution is 7.89. The smallest absolute Gasteiger partial charge is 0.322 e. The minimum Gasteiger partial charge on any atom is -0.355 e. The van der Waals surface area contributed by atoms with Crippen LogP contribution in [0.3, 0.4) is 0 Å². The zero-order chi connectivity index (χ0) is 25.0. The lowest BCUT2D eigenvalue weighted by Crippen LogP contribution is -2.45. The number of nitrogens with zero attached hydrogens (tertiary/aromatic N) is 3. The van der Waals surface area contributed by atoms with Crippen LogP contribution in [0.2, 0.25) is 5.02 Å². The van der Waals surface area contributed by atoms with Crippen molar-refractivity contribution in [3.63, 3.8) is 0 Å². The van der Waals surface area contributed by atoms with E-state index >= 15 is 0 Å². The molecule has 9 nitrogen and oxygen atoms in total. The molecule has 186 valence electrons. The van der Waals surface area contributed by atoms with Gasteiger partial charge in [-0.1, -0.05) is 11.6 Å². The molecule has 0 spiro atoms. The molecule has 11 heteroatoms. The van der Waals surface area contributed by atoms with Crippen LogP contribution in [-0.4, -0.2) is 67.9 Å². The van der Waals surface area contributed by atoms with Crippen molar-refractivity contribution in [2.24, 2.45) is 4.40 Å². The number of anilines is 2. The van der Waals surface area contributed by atoms with Crippen LogP contribution >= 0.6 is 11.6 Å². The lowest BCUT2D eigenvalue weighted by atomic mass is 10.1. The number of rotatable bonds is 5. The molecule has 2 aliphatic heterocycles. The van der Waals surface area contributed by atoms with Crippen LogP contribution in [0, 0.1) is 0 Å². The molecule has 2 heterocycles. The fourth-order valence-electron chi connectivity index (χ4n) is 4.32. The summed E-state index contributed by atoms with van der Waals surface area (Å²) in [7, 11) is -3.56. The summed E-state index contributed by atoms with van der Waals surface area (Å²) >= 11 is 5.89. The molecule has 2 aliphatic rings. The van der Waals surface area contributed by atoms with E-state index in [1.807, 2.05) is 4.90 Å². The highest BCUT2D eigenvalue weighted by Crippen LogP contribution is 2.22. The zero-order valence-corrected chi connectivity index (χ0v) is 21.0. The average molecular weight is 518 g/mol. The van der Waals surface area contributed by atoms with Crippen LogP contribution in [0.4, 0.5) is 16.2 Å². The minimum atomic E-state index is -3.56. The van der Waals surface area contributed by atoms with Crippen LogP contribution in [0.15, 0.2) is 52.9 Å². The Morgan fingerprint density at radius 2 is 1.51 bits per heavy atom. The van der Waals surface area contributed by atoms with Crippen molar-refractivity contribution in [1.82, 2.24) is 9.80 Å². The van der Waals surface area contributed by atoms with Crippen LogP contribution in [-0.2, 0) is 14.8 Å². The highest BCUT2D eigenvalue weighted by atomic mass is 35.5. The molecule has 0 aliphatic carbocycles. The number of amides is 3. The van der Waals surface area contributed by atoms with Gasteiger partial charge in [-0.2, -0.15) is 0 Å². The summed E-state index contributed by atoms with van der Waals surface area (Å²) in [5, 5.41) is 6.25. The summed E-state index contributed by atoms with van der Waals surface area (Å²) in [5.41, 5.74) is 1.83. The Kier molecular flexibility index (Phi) is 7.61. The maximum absolute atomic E-state index is 13.0. The first kappa shape index (κ1) is 25.0. The first-order valence-corrected chi connectivity index (χ1v) is 13.7. The second-order valence-electron chi connectivity index (χ2n) is 8.70. The number of carbonyl (C=O) groups excluding carboxylic acids is 2. The SMILES string of the molecule is CS(=O)(=O)/N=C(/c1ccc(NC(=O)[C@H]2CCCN2C(=O)Nc2ccc(Cl)cc2)cc1)N1CCCC1. The van der Waals surface area contributed by atoms with Gasteiger partial charge in [0.2, 0.25) is 5.91 Å². The lowest BCUT2D eigenvalue weighted by Gasteiger charge is -2.24. The lowest BCUT2D eigenvalue weighted by molar-refractivity contribution is -0.119. The molecule has 35 heavy (non-hydrogen) atoms. The van der Waals surface area contributed by atoms with Crippen LogP contribution in [0.25, 0.3) is 0 Å². The van der Waals surface area contributed by atoms with Crippen molar-refractivity contribution >= 4 is 50.8 Å². The molecule has 3 amide bonds. The number of halogens is 1. The standard InChI is InChI=1S/C24H28ClN5O4S/c1-35(33,34)28-22(29-14-2-3-15-29)17-6-10-19(11-7-17)26-23(31)21-5-4-16-30(21)24(32)27-20-12-8-18(25)9-13-20/h6-13,21H,2-5,14-16H2,1H3,(H,26,31)(H,27,32)/b28-22-/t21-/m1/s1. The quantitative estimate of drug-likeness (QED) is 0.463. The molecule has 0 unspecified atom stereocenters. The van der Waals surface area contributed by atoms with Gasteiger partial charge in [0, 0.05) is 41.6 Å². The van der Waals surface area contributed by atoms with Crippen molar-refractivity contribution in [2.75, 3.05) is 36.5 Å². The van der Waals surface area contributed by atoms with Crippen molar-refractivity contribution in [1.29, 1.82) is 0 Å². The minimum absolute atomic E-state index is 0.272. The molecule has 1 atom stereocenters. The summed E-state index contributed by atoms with van der Waals surface area (Å²) in [6, 6.07) is 12.8. The maximum Gasteiger partial charge on any atom is 0.322 e. The predicted octanol–water partition coefficient (Wildman–Crippen LogP) is 3.78. The van der Waals surface area contributed by atoms with Gasteiger partial charge < -0.3 is 20.4 Å². The molecule has 0 aromatic heterocycles. The van der Waals surface area contributed by atoms with E-state index in [0.717, 1.165) is 38.6 Å². The molecule has 4 rings (SSSR count). The summed E-state index contributed by atoms with van der Waals surface area (Å²) < 4.78 is 27.6. The van der Waals surface area contributed by atoms with E-state index in [2.05, 4.69) is 15.0 Å². The average Bonchev–Trinajstić information content (AvgIpc) is 3.52. The molecular formula is C24H28ClN5O4S. The number of amidine groups is 1. The van der Waals surface area contributed by atoms with E-state index in [1.165, 1.54) is 4.90 Å². The second-order valence-corrected chi connectivity index (χ2v) is 10.8. The summed E-state index contributed by atoms with van der Waals surface area (Å²) in [6.45, 7) is 1.99. The number of likely N-dealkylation sites (tertiary alicyclic amines) is 2. The number of nitrogens with one attached hydrogen (secondary N) is 2. The largest absolute Gasteiger partial charge is 0.355 e. The van der Waals surface area contributed by atoms with Crippen LogP contribution < -0.4 is 10.6 Å². The molecule has 2 aromatic carbocycles. The van der Waals surface area contributed by atoms with Gasteiger partial charge in [-0.05, 0) is 74.2 Å². The number of urea groups is 1. The van der Waals surface area contributed by atoms with Crippen molar-refractivity contribution in [2.45, 2.75) is 31.7 Å². The topological polar surface area (TPSA) is 111 Å². The third-order valence-corrected chi connectivity index (χ3v) is 6.74. The Hall–Kier alpha value is -3.11. The van der Waals surface area contributed by atoms with Gasteiger partial charge in [0.25, 0.3) is 10.0 Å². The van der Waals surface area contributed by atoms with Gasteiger partial charge in [-0.15, -0.1) is 4.40 Å². The third-order valence-electron chi connectivity index (χ3n) is 5.98. The second kappa shape index (κ2) is 10.7. The van der Waals surface area contributed by atoms with Gasteiger partial charge in [0.15, 0.2) is 0 Å². The monoisotopic (exact) mass is 517 g/mol. The number of sulfonamides is 1. The highest BCUT2D eigenvalue weighted by Gasteiger charge is 2.34. The van der Waals surface area contributed by atoms with Gasteiger partial charge in [0.1, 0.15) is 11.9 Å². The molecule has 0 radical (unpaired) electrons. The van der Waals surface area contributed by atoms with E-state index in [4.69, 9.17) is 11.6 Å². The van der Waals surface area contributed by atoms with E-state index < -0.39 is 16.1 Å². The van der Waals surface area contributed by atoms with Crippen molar-refractivity contribution in [3.8, 4) is 0 Å². The fourth-order valence-corrected chi connectivity index (χ4v) is 4.98. The number of hydrogen-bond acceptors (Lipinski definition) is 4. The van der Waals surface area contributed by atoms with E-state index in [0.29, 0.717) is 40.8 Å². The molecule has 2 saturated heterocycles. The summed E-state index contributed by atoms with van der Waals surface area (Å²) in [5.74, 6) is 0.148. The van der Waals surface area contributed by atoms with Gasteiger partial charge >= 0.3 is 6.03 Å². The molecular weight excluding hydrogens is 490 g/mol. The normalized spacial score (nSPS) is 18.6. The summed E-state index contributed by atoms with van der Waals surface area (Å²) in [4.78, 5) is 29.2. The Balaban J connectivity index is 1.43. The molecule has 0 saturated carbocycles. The van der Waals surface area contributed by atoms with Crippen molar-refractivity contribution in [3.05, 3.63) is 59.1 Å². The maximum atomic E-state index is 13.0. The van der Waals surface area contributed by atoms with Gasteiger partial charge in [-0.3, -0.25) is 4.79 Å². The van der Waals surface area contributed by atoms with Crippen molar-refractivity contribution < 1.29 is 18.0 Å². The molecule has 0 bridgehead atoms. The number of benzene rings is 2. The predicted molar refractivity (Wildman–Crippen MR) is 137 cm³/mol. The Morgan fingerprint density at radius 1 is 0.914 bits per heavy atom. The first-order valence-electron chi connectivity index (χ1n) is 11.5. The van der Waals surface area contributed by atoms with Crippen LogP contribution in [0.5, 0.6) is 0 Å². The molecule has 2 fully saturated rings. The zero-order valence-electron chi connectivity index (χ0n) is 19.4. The Labute approximate surface area is 210 Å². The number of hydrogen-bond donors (Lipinski definition) is 2. The first-order chi connectivity index (χ1) is 16.7. The molecule has 2 aromatic rings. The summed E-state index contributed by atoms with van der Waals surface area (Å²) in [6.07, 6.45) is 4.35. The van der Waals surface area contributed by atoms with Gasteiger partial charge in [-0.25, -0.2) is 13.2 Å². The van der Waals surface area contributed by atoms with E-state index in [9.17, 15) is 18.0 Å². The Morgan fingerprint density at radius 3 is 2.14 bits per heavy atom. The Bertz CT molecular complexity index is 1210. The van der Waals surface area contributed by atoms with Crippen LogP contribution in [0.1, 0.15) is 31.2 Å². The van der Waals surface area contributed by atoms with E-state index in [1.54, 1.807) is 48.5 Å². The van der Waals surface area contributed by atoms with Gasteiger partial charge in [0.05, 0.1) is 6.26 Å².